The Morgan fingerprint density at radius 3 is 2.64 bits per heavy atom. The van der Waals surface area contributed by atoms with Gasteiger partial charge in [0.25, 0.3) is 0 Å². The zero-order chi connectivity index (χ0) is 10.4. The summed E-state index contributed by atoms with van der Waals surface area (Å²) >= 11 is 11.9. The molecule has 0 amide bonds. The topological polar surface area (TPSA) is 12.0 Å². The highest BCUT2D eigenvalue weighted by atomic mass is 35.5. The van der Waals surface area contributed by atoms with Crippen molar-refractivity contribution in [3.8, 4) is 0 Å². The number of likely N-dealkylation sites (N-methyl/N-ethyl adjacent to an activating group) is 1. The second-order valence-corrected chi connectivity index (χ2v) is 3.92. The fourth-order valence-corrected chi connectivity index (χ4v) is 1.83. The molecule has 0 radical (unpaired) electrons. The van der Waals surface area contributed by atoms with Crippen LogP contribution in [0.3, 0.4) is 0 Å². The van der Waals surface area contributed by atoms with Crippen LogP contribution in [0.5, 0.6) is 0 Å². The van der Waals surface area contributed by atoms with E-state index in [1.165, 1.54) is 0 Å². The van der Waals surface area contributed by atoms with E-state index in [2.05, 4.69) is 12.2 Å². The Balaban J connectivity index is 2.62. The van der Waals surface area contributed by atoms with Crippen molar-refractivity contribution in [2.75, 3.05) is 12.4 Å². The third-order valence-corrected chi connectivity index (χ3v) is 2.84. The molecule has 1 aromatic rings. The van der Waals surface area contributed by atoms with E-state index in [1.807, 2.05) is 24.3 Å². The normalized spacial score (nSPS) is 12.8. The second-order valence-electron chi connectivity index (χ2n) is 3.20. The van der Waals surface area contributed by atoms with E-state index in [9.17, 15) is 0 Å². The average molecular weight is 232 g/mol. The van der Waals surface area contributed by atoms with E-state index in [0.29, 0.717) is 11.9 Å². The third-order valence-electron chi connectivity index (χ3n) is 2.10. The minimum atomic E-state index is 0.307. The molecule has 1 nitrogen and oxygen atoms in total. The van der Waals surface area contributed by atoms with Gasteiger partial charge in [-0.3, -0.25) is 0 Å². The summed E-state index contributed by atoms with van der Waals surface area (Å²) in [6, 6.07) is 8.20. The Kier molecular flexibility index (Phi) is 5.31. The Morgan fingerprint density at radius 1 is 1.36 bits per heavy atom. The van der Waals surface area contributed by atoms with Gasteiger partial charge in [0.05, 0.1) is 0 Å². The first-order valence-corrected chi connectivity index (χ1v) is 5.72. The van der Waals surface area contributed by atoms with E-state index in [1.54, 1.807) is 0 Å². The average Bonchev–Trinajstić information content (AvgIpc) is 2.20. The maximum atomic E-state index is 6.05. The summed E-state index contributed by atoms with van der Waals surface area (Å²) < 4.78 is 0. The van der Waals surface area contributed by atoms with Gasteiger partial charge in [0.1, 0.15) is 0 Å². The molecule has 1 N–H and O–H groups in total. The zero-order valence-electron chi connectivity index (χ0n) is 8.26. The minimum Gasteiger partial charge on any atom is -0.313 e. The summed E-state index contributed by atoms with van der Waals surface area (Å²) in [6.45, 7) is 3.01. The molecular weight excluding hydrogens is 217 g/mol. The summed E-state index contributed by atoms with van der Waals surface area (Å²) in [6.07, 6.45) is 0.886. The first kappa shape index (κ1) is 11.8. The van der Waals surface area contributed by atoms with E-state index >= 15 is 0 Å². The molecule has 0 bridgehead atoms. The van der Waals surface area contributed by atoms with Crippen LogP contribution in [0.1, 0.15) is 12.5 Å². The van der Waals surface area contributed by atoms with Gasteiger partial charge >= 0.3 is 0 Å². The Labute approximate surface area is 95.4 Å². The van der Waals surface area contributed by atoms with Crippen molar-refractivity contribution in [2.24, 2.45) is 0 Å². The van der Waals surface area contributed by atoms with Gasteiger partial charge in [0.15, 0.2) is 0 Å². The van der Waals surface area contributed by atoms with Gasteiger partial charge in [-0.1, -0.05) is 36.7 Å². The van der Waals surface area contributed by atoms with Gasteiger partial charge in [-0.2, -0.15) is 0 Å². The summed E-state index contributed by atoms with van der Waals surface area (Å²) in [5.41, 5.74) is 1.15. The predicted molar refractivity (Wildman–Crippen MR) is 63.3 cm³/mol. The fourth-order valence-electron chi connectivity index (χ4n) is 1.40. The summed E-state index contributed by atoms with van der Waals surface area (Å²) in [7, 11) is 0. The maximum Gasteiger partial charge on any atom is 0.0438 e. The lowest BCUT2D eigenvalue weighted by molar-refractivity contribution is 0.570. The molecule has 78 valence electrons. The standard InChI is InChI=1S/C11H15Cl2N/c1-2-14-10(8-12)7-9-5-3-4-6-11(9)13/h3-6,10,14H,2,7-8H2,1H3. The fraction of sp³-hybridized carbons (Fsp3) is 0.455. The molecule has 3 heteroatoms. The molecule has 1 unspecified atom stereocenters. The monoisotopic (exact) mass is 231 g/mol. The molecule has 0 saturated carbocycles. The number of rotatable bonds is 5. The van der Waals surface area contributed by atoms with Crippen molar-refractivity contribution in [2.45, 2.75) is 19.4 Å². The van der Waals surface area contributed by atoms with Crippen LogP contribution < -0.4 is 5.32 Å². The lowest BCUT2D eigenvalue weighted by atomic mass is 10.1. The predicted octanol–water partition coefficient (Wildman–Crippen LogP) is 3.10. The summed E-state index contributed by atoms with van der Waals surface area (Å²) in [4.78, 5) is 0. The molecule has 0 saturated heterocycles. The van der Waals surface area contributed by atoms with Gasteiger partial charge in [-0.05, 0) is 24.6 Å². The first-order chi connectivity index (χ1) is 6.77. The molecule has 0 fully saturated rings. The molecule has 1 aromatic carbocycles. The summed E-state index contributed by atoms with van der Waals surface area (Å²) in [5.74, 6) is 0.610. The highest BCUT2D eigenvalue weighted by Crippen LogP contribution is 2.16. The number of halogens is 2. The molecule has 0 heterocycles. The first-order valence-electron chi connectivity index (χ1n) is 4.80. The quantitative estimate of drug-likeness (QED) is 0.769. The Morgan fingerprint density at radius 2 is 2.07 bits per heavy atom. The number of hydrogen-bond donors (Lipinski definition) is 1. The van der Waals surface area contributed by atoms with Crippen molar-refractivity contribution >= 4 is 23.2 Å². The van der Waals surface area contributed by atoms with Crippen LogP contribution in [0.2, 0.25) is 5.02 Å². The number of benzene rings is 1. The van der Waals surface area contributed by atoms with E-state index in [4.69, 9.17) is 23.2 Å². The molecule has 0 aromatic heterocycles. The molecule has 0 spiro atoms. The van der Waals surface area contributed by atoms with Gasteiger partial charge in [-0.15, -0.1) is 11.6 Å². The number of hydrogen-bond acceptors (Lipinski definition) is 1. The molecule has 1 atom stereocenters. The van der Waals surface area contributed by atoms with Gasteiger partial charge in [-0.25, -0.2) is 0 Å². The smallest absolute Gasteiger partial charge is 0.0438 e. The van der Waals surface area contributed by atoms with Crippen LogP contribution in [0.25, 0.3) is 0 Å². The molecule has 1 rings (SSSR count). The Bertz CT molecular complexity index is 276. The van der Waals surface area contributed by atoms with E-state index in [0.717, 1.165) is 23.6 Å². The van der Waals surface area contributed by atoms with Crippen molar-refractivity contribution < 1.29 is 0 Å². The van der Waals surface area contributed by atoms with Crippen LogP contribution in [-0.2, 0) is 6.42 Å². The molecule has 0 aliphatic carbocycles. The molecule has 14 heavy (non-hydrogen) atoms. The lowest BCUT2D eigenvalue weighted by Gasteiger charge is -2.15. The minimum absolute atomic E-state index is 0.307. The lowest BCUT2D eigenvalue weighted by Crippen LogP contribution is -2.32. The van der Waals surface area contributed by atoms with Crippen molar-refractivity contribution in [1.29, 1.82) is 0 Å². The number of alkyl halides is 1. The van der Waals surface area contributed by atoms with Crippen LogP contribution in [0.15, 0.2) is 24.3 Å². The van der Waals surface area contributed by atoms with Crippen molar-refractivity contribution in [3.63, 3.8) is 0 Å². The third kappa shape index (κ3) is 3.49. The van der Waals surface area contributed by atoms with E-state index < -0.39 is 0 Å². The maximum absolute atomic E-state index is 6.05. The van der Waals surface area contributed by atoms with Gasteiger partial charge in [0, 0.05) is 16.9 Å². The molecule has 0 aliphatic rings. The highest BCUT2D eigenvalue weighted by molar-refractivity contribution is 6.31. The number of nitrogens with one attached hydrogen (secondary N) is 1. The largest absolute Gasteiger partial charge is 0.313 e. The van der Waals surface area contributed by atoms with Crippen molar-refractivity contribution in [1.82, 2.24) is 5.32 Å². The van der Waals surface area contributed by atoms with E-state index in [-0.39, 0.29) is 0 Å². The second kappa shape index (κ2) is 6.28. The van der Waals surface area contributed by atoms with Crippen molar-refractivity contribution in [3.05, 3.63) is 34.9 Å². The highest BCUT2D eigenvalue weighted by Gasteiger charge is 2.08. The van der Waals surface area contributed by atoms with Gasteiger partial charge in [0.2, 0.25) is 0 Å². The van der Waals surface area contributed by atoms with Crippen LogP contribution in [-0.4, -0.2) is 18.5 Å². The van der Waals surface area contributed by atoms with Crippen LogP contribution in [0.4, 0.5) is 0 Å². The molecular formula is C11H15Cl2N. The van der Waals surface area contributed by atoms with Gasteiger partial charge < -0.3 is 5.32 Å². The zero-order valence-corrected chi connectivity index (χ0v) is 9.78. The van der Waals surface area contributed by atoms with Crippen LogP contribution in [0, 0.1) is 0 Å². The molecule has 0 aliphatic heterocycles. The van der Waals surface area contributed by atoms with Crippen LogP contribution >= 0.6 is 23.2 Å². The SMILES string of the molecule is CCNC(CCl)Cc1ccccc1Cl. The Hall–Kier alpha value is -0.240. The summed E-state index contributed by atoms with van der Waals surface area (Å²) in [5, 5.41) is 4.14.